The molecule has 23 heavy (non-hydrogen) atoms. The minimum Gasteiger partial charge on any atom is -0.353 e. The SMILES string of the molecule is Cc1ccc(CSCC(=O)N[C@H](C)CCc2ccccc2)cc1. The molecule has 2 nitrogen and oxygen atoms in total. The standard InChI is InChI=1S/C20H25NOS/c1-16-8-11-19(12-9-16)14-23-15-20(22)21-17(2)10-13-18-6-4-3-5-7-18/h3-9,11-12,17H,10,13-15H2,1-2H3,(H,21,22)/t17-/m1/s1. The van der Waals surface area contributed by atoms with E-state index in [0.717, 1.165) is 18.6 Å². The van der Waals surface area contributed by atoms with Crippen LogP contribution in [0.5, 0.6) is 0 Å². The van der Waals surface area contributed by atoms with Crippen LogP contribution in [-0.4, -0.2) is 17.7 Å². The number of amides is 1. The third kappa shape index (κ3) is 6.91. The molecule has 122 valence electrons. The van der Waals surface area contributed by atoms with Crippen LogP contribution in [0.1, 0.15) is 30.0 Å². The summed E-state index contributed by atoms with van der Waals surface area (Å²) in [6.45, 7) is 4.16. The summed E-state index contributed by atoms with van der Waals surface area (Å²) in [6.07, 6.45) is 1.97. The molecule has 1 N–H and O–H groups in total. The summed E-state index contributed by atoms with van der Waals surface area (Å²) in [5.74, 6) is 1.53. The summed E-state index contributed by atoms with van der Waals surface area (Å²) in [5.41, 5.74) is 3.86. The molecule has 1 amide bonds. The Kier molecular flexibility index (Phi) is 7.21. The van der Waals surface area contributed by atoms with Gasteiger partial charge in [0.1, 0.15) is 0 Å². The molecule has 0 fully saturated rings. The number of rotatable bonds is 8. The van der Waals surface area contributed by atoms with E-state index in [1.165, 1.54) is 16.7 Å². The second kappa shape index (κ2) is 9.41. The molecule has 0 saturated carbocycles. The van der Waals surface area contributed by atoms with Gasteiger partial charge in [0.2, 0.25) is 5.91 Å². The lowest BCUT2D eigenvalue weighted by Gasteiger charge is -2.13. The highest BCUT2D eigenvalue weighted by molar-refractivity contribution is 7.99. The van der Waals surface area contributed by atoms with Gasteiger partial charge in [0.15, 0.2) is 0 Å². The van der Waals surface area contributed by atoms with E-state index < -0.39 is 0 Å². The zero-order valence-electron chi connectivity index (χ0n) is 13.9. The average molecular weight is 327 g/mol. The molecule has 0 aliphatic rings. The summed E-state index contributed by atoms with van der Waals surface area (Å²) < 4.78 is 0. The van der Waals surface area contributed by atoms with Gasteiger partial charge in [-0.2, -0.15) is 0 Å². The summed E-state index contributed by atoms with van der Waals surface area (Å²) in [5, 5.41) is 3.09. The van der Waals surface area contributed by atoms with E-state index in [9.17, 15) is 4.79 Å². The van der Waals surface area contributed by atoms with Crippen molar-refractivity contribution in [1.29, 1.82) is 0 Å². The lowest BCUT2D eigenvalue weighted by molar-refractivity contribution is -0.119. The fraction of sp³-hybridized carbons (Fsp3) is 0.350. The number of aryl methyl sites for hydroxylation is 2. The van der Waals surface area contributed by atoms with Crippen LogP contribution in [0, 0.1) is 6.92 Å². The average Bonchev–Trinajstić information content (AvgIpc) is 2.56. The Morgan fingerprint density at radius 1 is 1.04 bits per heavy atom. The smallest absolute Gasteiger partial charge is 0.230 e. The predicted octanol–water partition coefficient (Wildman–Crippen LogP) is 4.37. The van der Waals surface area contributed by atoms with E-state index in [1.54, 1.807) is 11.8 Å². The summed E-state index contributed by atoms with van der Waals surface area (Å²) >= 11 is 1.66. The number of thioether (sulfide) groups is 1. The molecule has 2 aromatic carbocycles. The first kappa shape index (κ1) is 17.6. The molecule has 0 radical (unpaired) electrons. The molecule has 0 heterocycles. The topological polar surface area (TPSA) is 29.1 Å². The van der Waals surface area contributed by atoms with Crippen LogP contribution in [0.4, 0.5) is 0 Å². The van der Waals surface area contributed by atoms with Crippen molar-refractivity contribution >= 4 is 17.7 Å². The van der Waals surface area contributed by atoms with E-state index >= 15 is 0 Å². The Balaban J connectivity index is 1.63. The molecule has 1 atom stereocenters. The number of carbonyl (C=O) groups is 1. The second-order valence-corrected chi connectivity index (χ2v) is 6.96. The number of hydrogen-bond donors (Lipinski definition) is 1. The van der Waals surface area contributed by atoms with Crippen molar-refractivity contribution in [3.05, 3.63) is 71.3 Å². The van der Waals surface area contributed by atoms with E-state index in [4.69, 9.17) is 0 Å². The summed E-state index contributed by atoms with van der Waals surface area (Å²) in [4.78, 5) is 12.0. The highest BCUT2D eigenvalue weighted by Gasteiger charge is 2.07. The number of carbonyl (C=O) groups excluding carboxylic acids is 1. The van der Waals surface area contributed by atoms with Crippen LogP contribution in [0.15, 0.2) is 54.6 Å². The maximum absolute atomic E-state index is 12.0. The molecule has 0 aliphatic carbocycles. The van der Waals surface area contributed by atoms with Crippen molar-refractivity contribution in [1.82, 2.24) is 5.32 Å². The van der Waals surface area contributed by atoms with Gasteiger partial charge in [0, 0.05) is 11.8 Å². The van der Waals surface area contributed by atoms with Crippen LogP contribution in [0.3, 0.4) is 0 Å². The quantitative estimate of drug-likeness (QED) is 0.780. The zero-order valence-corrected chi connectivity index (χ0v) is 14.7. The van der Waals surface area contributed by atoms with Crippen LogP contribution in [-0.2, 0) is 17.0 Å². The van der Waals surface area contributed by atoms with Gasteiger partial charge in [-0.25, -0.2) is 0 Å². The summed E-state index contributed by atoms with van der Waals surface area (Å²) in [7, 11) is 0. The van der Waals surface area contributed by atoms with Crippen LogP contribution >= 0.6 is 11.8 Å². The Hall–Kier alpha value is -1.74. The number of hydrogen-bond acceptors (Lipinski definition) is 2. The summed E-state index contributed by atoms with van der Waals surface area (Å²) in [6, 6.07) is 19.1. The molecule has 0 bridgehead atoms. The first-order chi connectivity index (χ1) is 11.1. The molecule has 0 aromatic heterocycles. The van der Waals surface area contributed by atoms with Gasteiger partial charge < -0.3 is 5.32 Å². The third-order valence-corrected chi connectivity index (χ3v) is 4.74. The van der Waals surface area contributed by atoms with Crippen molar-refractivity contribution in [2.75, 3.05) is 5.75 Å². The molecule has 2 aromatic rings. The second-order valence-electron chi connectivity index (χ2n) is 5.97. The monoisotopic (exact) mass is 327 g/mol. The minimum atomic E-state index is 0.127. The van der Waals surface area contributed by atoms with Crippen molar-refractivity contribution in [2.24, 2.45) is 0 Å². The van der Waals surface area contributed by atoms with Gasteiger partial charge in [0.25, 0.3) is 0 Å². The molecule has 0 unspecified atom stereocenters. The van der Waals surface area contributed by atoms with Gasteiger partial charge in [0.05, 0.1) is 5.75 Å². The van der Waals surface area contributed by atoms with Crippen molar-refractivity contribution in [3.8, 4) is 0 Å². The Morgan fingerprint density at radius 3 is 2.43 bits per heavy atom. The first-order valence-corrected chi connectivity index (χ1v) is 9.25. The molecule has 2 rings (SSSR count). The molecule has 3 heteroatoms. The highest BCUT2D eigenvalue weighted by atomic mass is 32.2. The minimum absolute atomic E-state index is 0.127. The largest absolute Gasteiger partial charge is 0.353 e. The molecule has 0 saturated heterocycles. The van der Waals surface area contributed by atoms with Crippen molar-refractivity contribution < 1.29 is 4.79 Å². The molecule has 0 aliphatic heterocycles. The third-order valence-electron chi connectivity index (χ3n) is 3.74. The van der Waals surface area contributed by atoms with Gasteiger partial charge in [-0.15, -0.1) is 11.8 Å². The highest BCUT2D eigenvalue weighted by Crippen LogP contribution is 2.13. The van der Waals surface area contributed by atoms with E-state index in [1.807, 2.05) is 6.07 Å². The normalized spacial score (nSPS) is 11.9. The molecular formula is C20H25NOS. The number of benzene rings is 2. The first-order valence-electron chi connectivity index (χ1n) is 8.10. The fourth-order valence-electron chi connectivity index (χ4n) is 2.36. The van der Waals surface area contributed by atoms with Crippen molar-refractivity contribution in [3.63, 3.8) is 0 Å². The molecular weight excluding hydrogens is 302 g/mol. The fourth-order valence-corrected chi connectivity index (χ4v) is 3.16. The predicted molar refractivity (Wildman–Crippen MR) is 99.7 cm³/mol. The zero-order chi connectivity index (χ0) is 16.5. The Labute approximate surface area is 143 Å². The van der Waals surface area contributed by atoms with Crippen LogP contribution in [0.25, 0.3) is 0 Å². The van der Waals surface area contributed by atoms with Gasteiger partial charge in [-0.05, 0) is 37.8 Å². The lowest BCUT2D eigenvalue weighted by atomic mass is 10.1. The van der Waals surface area contributed by atoms with Crippen molar-refractivity contribution in [2.45, 2.75) is 38.5 Å². The van der Waals surface area contributed by atoms with E-state index in [0.29, 0.717) is 5.75 Å². The van der Waals surface area contributed by atoms with Crippen LogP contribution < -0.4 is 5.32 Å². The maximum Gasteiger partial charge on any atom is 0.230 e. The van der Waals surface area contributed by atoms with E-state index in [2.05, 4.69) is 67.7 Å². The van der Waals surface area contributed by atoms with Gasteiger partial charge in [-0.3, -0.25) is 4.79 Å². The lowest BCUT2D eigenvalue weighted by Crippen LogP contribution is -2.34. The number of nitrogens with one attached hydrogen (secondary N) is 1. The molecule has 0 spiro atoms. The Morgan fingerprint density at radius 2 is 1.74 bits per heavy atom. The van der Waals surface area contributed by atoms with Gasteiger partial charge in [-0.1, -0.05) is 60.2 Å². The Bertz CT molecular complexity index is 595. The van der Waals surface area contributed by atoms with Gasteiger partial charge >= 0.3 is 0 Å². The van der Waals surface area contributed by atoms with Crippen LogP contribution in [0.2, 0.25) is 0 Å². The van der Waals surface area contributed by atoms with E-state index in [-0.39, 0.29) is 11.9 Å². The maximum atomic E-state index is 12.0.